The Bertz CT molecular complexity index is 701. The second-order valence-corrected chi connectivity index (χ2v) is 5.22. The Kier molecular flexibility index (Phi) is 7.97. The van der Waals surface area contributed by atoms with Gasteiger partial charge in [-0.05, 0) is 31.9 Å². The average molecular weight is 353 g/mol. The number of H-pyrrole nitrogens is 1. The number of anilines is 1. The number of carbonyl (C=O) groups is 1. The average Bonchev–Trinajstić information content (AvgIpc) is 3.25. The maximum atomic E-state index is 12.3. The number of nitrogens with one attached hydrogen (secondary N) is 1. The van der Waals surface area contributed by atoms with Crippen molar-refractivity contribution in [1.82, 2.24) is 20.1 Å². The minimum Gasteiger partial charge on any atom is -0.383 e. The number of pyridine rings is 1. The van der Waals surface area contributed by atoms with Gasteiger partial charge in [0.25, 0.3) is 6.43 Å². The number of likely N-dealkylation sites (tertiary alicyclic amines) is 1. The van der Waals surface area contributed by atoms with E-state index < -0.39 is 18.4 Å². The lowest BCUT2D eigenvalue weighted by Gasteiger charge is -2.22. The van der Waals surface area contributed by atoms with Gasteiger partial charge in [0, 0.05) is 18.4 Å². The van der Waals surface area contributed by atoms with E-state index in [1.165, 1.54) is 4.90 Å². The number of carbonyl (C=O) groups excluding carboxylic acids is 1. The van der Waals surface area contributed by atoms with E-state index in [4.69, 9.17) is 5.73 Å². The first-order valence-electron chi connectivity index (χ1n) is 8.22. The third-order valence-electron chi connectivity index (χ3n) is 3.73. The maximum Gasteiger partial charge on any atom is 0.258 e. The van der Waals surface area contributed by atoms with Gasteiger partial charge in [-0.1, -0.05) is 20.4 Å². The van der Waals surface area contributed by atoms with E-state index in [1.807, 2.05) is 26.8 Å². The fraction of sp³-hybridized carbons (Fsp3) is 0.471. The fourth-order valence-corrected chi connectivity index (χ4v) is 2.59. The van der Waals surface area contributed by atoms with Crippen LogP contribution in [0.5, 0.6) is 0 Å². The van der Waals surface area contributed by atoms with Gasteiger partial charge in [-0.3, -0.25) is 9.89 Å². The molecule has 8 heteroatoms. The van der Waals surface area contributed by atoms with Gasteiger partial charge in [0.2, 0.25) is 5.91 Å². The molecule has 1 unspecified atom stereocenters. The van der Waals surface area contributed by atoms with Crippen molar-refractivity contribution in [2.24, 2.45) is 0 Å². The Balaban J connectivity index is 0.000000228. The highest BCUT2D eigenvalue weighted by molar-refractivity contribution is 5.90. The first kappa shape index (κ1) is 20.5. The van der Waals surface area contributed by atoms with E-state index in [9.17, 15) is 13.6 Å². The molecule has 1 aliphatic heterocycles. The first-order valence-corrected chi connectivity index (χ1v) is 8.22. The maximum absolute atomic E-state index is 12.3. The third-order valence-corrected chi connectivity index (χ3v) is 3.73. The quantitative estimate of drug-likeness (QED) is 0.811. The van der Waals surface area contributed by atoms with Gasteiger partial charge < -0.3 is 10.6 Å². The third kappa shape index (κ3) is 4.98. The van der Waals surface area contributed by atoms with Crippen molar-refractivity contribution in [2.45, 2.75) is 46.1 Å². The van der Waals surface area contributed by atoms with Gasteiger partial charge in [0.15, 0.2) is 0 Å². The Hall–Kier alpha value is -2.51. The molecule has 1 fully saturated rings. The van der Waals surface area contributed by atoms with E-state index in [0.717, 1.165) is 22.7 Å². The number of hydrogen-bond acceptors (Lipinski definition) is 4. The van der Waals surface area contributed by atoms with E-state index in [0.29, 0.717) is 25.2 Å². The Morgan fingerprint density at radius 2 is 2.20 bits per heavy atom. The normalized spacial score (nSPS) is 16.1. The summed E-state index contributed by atoms with van der Waals surface area (Å²) in [6.07, 6.45) is 1.36. The summed E-state index contributed by atoms with van der Waals surface area (Å²) in [6.45, 7) is 9.62. The SMILES string of the molecule is C=CC(=O)N1CCCC1C(F)F.CC.Cc1[nH]nc2ccnc(N)c12. The molecular weight excluding hydrogens is 328 g/mol. The van der Waals surface area contributed by atoms with Gasteiger partial charge in [-0.2, -0.15) is 5.10 Å². The highest BCUT2D eigenvalue weighted by atomic mass is 19.3. The van der Waals surface area contributed by atoms with Crippen molar-refractivity contribution >= 4 is 22.6 Å². The zero-order chi connectivity index (χ0) is 19.0. The molecule has 1 atom stereocenters. The molecule has 3 rings (SSSR count). The highest BCUT2D eigenvalue weighted by Gasteiger charge is 2.33. The molecule has 138 valence electrons. The largest absolute Gasteiger partial charge is 0.383 e. The zero-order valence-corrected chi connectivity index (χ0v) is 14.8. The number of fused-ring (bicyclic) bond motifs is 1. The summed E-state index contributed by atoms with van der Waals surface area (Å²) in [4.78, 5) is 16.2. The minimum atomic E-state index is -2.43. The molecular formula is C17H25F2N5O. The zero-order valence-electron chi connectivity index (χ0n) is 14.8. The molecule has 2 aromatic heterocycles. The predicted molar refractivity (Wildman–Crippen MR) is 95.3 cm³/mol. The van der Waals surface area contributed by atoms with E-state index in [1.54, 1.807) is 6.20 Å². The van der Waals surface area contributed by atoms with Crippen LogP contribution in [0, 0.1) is 6.92 Å². The summed E-state index contributed by atoms with van der Waals surface area (Å²) >= 11 is 0. The van der Waals surface area contributed by atoms with Crippen LogP contribution >= 0.6 is 0 Å². The number of nitrogens with zero attached hydrogens (tertiary/aromatic N) is 3. The number of aromatic nitrogens is 3. The number of amides is 1. The molecule has 0 aromatic carbocycles. The van der Waals surface area contributed by atoms with Gasteiger partial charge in [-0.25, -0.2) is 13.8 Å². The number of nitrogen functional groups attached to an aromatic ring is 1. The number of aryl methyl sites for hydroxylation is 1. The molecule has 0 saturated carbocycles. The van der Waals surface area contributed by atoms with E-state index in [2.05, 4.69) is 21.8 Å². The number of alkyl halides is 2. The van der Waals surface area contributed by atoms with Crippen LogP contribution in [0.3, 0.4) is 0 Å². The second kappa shape index (κ2) is 9.71. The lowest BCUT2D eigenvalue weighted by atomic mass is 10.2. The molecule has 25 heavy (non-hydrogen) atoms. The van der Waals surface area contributed by atoms with Crippen LogP contribution in [0.15, 0.2) is 24.9 Å². The summed E-state index contributed by atoms with van der Waals surface area (Å²) in [5, 5.41) is 7.81. The van der Waals surface area contributed by atoms with Crippen molar-refractivity contribution < 1.29 is 13.6 Å². The van der Waals surface area contributed by atoms with Crippen molar-refractivity contribution in [3.05, 3.63) is 30.6 Å². The lowest BCUT2D eigenvalue weighted by Crippen LogP contribution is -2.38. The molecule has 3 N–H and O–H groups in total. The van der Waals surface area contributed by atoms with Gasteiger partial charge in [0.1, 0.15) is 5.82 Å². The summed E-state index contributed by atoms with van der Waals surface area (Å²) in [5.74, 6) is 0.145. The van der Waals surface area contributed by atoms with Crippen LogP contribution in [-0.4, -0.2) is 45.0 Å². The Labute approximate surface area is 146 Å². The van der Waals surface area contributed by atoms with Crippen LogP contribution < -0.4 is 5.73 Å². The number of aromatic amines is 1. The smallest absolute Gasteiger partial charge is 0.258 e. The minimum absolute atomic E-state index is 0.391. The van der Waals surface area contributed by atoms with Crippen molar-refractivity contribution in [2.75, 3.05) is 12.3 Å². The Morgan fingerprint density at radius 3 is 2.76 bits per heavy atom. The van der Waals surface area contributed by atoms with Crippen LogP contribution in [-0.2, 0) is 4.79 Å². The molecule has 1 aliphatic rings. The molecule has 0 aliphatic carbocycles. The van der Waals surface area contributed by atoms with Crippen LogP contribution in [0.25, 0.3) is 10.9 Å². The second-order valence-electron chi connectivity index (χ2n) is 5.22. The molecule has 6 nitrogen and oxygen atoms in total. The summed E-state index contributed by atoms with van der Waals surface area (Å²) < 4.78 is 24.5. The number of nitrogens with two attached hydrogens (primary N) is 1. The standard InChI is InChI=1S/C8H11F2NO.C7H8N4.C2H6/c1-2-7(12)11-5-3-4-6(11)8(9)10;1-4-6-5(11-10-4)2-3-9-7(6)8;1-2/h2,6,8H,1,3-5H2;2-3H,1H3,(H2,8,9)(H,10,11);1-2H3. The number of halogens is 2. The number of hydrogen-bond donors (Lipinski definition) is 2. The molecule has 2 aromatic rings. The number of rotatable bonds is 2. The molecule has 0 radical (unpaired) electrons. The summed E-state index contributed by atoms with van der Waals surface area (Å²) in [7, 11) is 0. The molecule has 0 spiro atoms. The van der Waals surface area contributed by atoms with Gasteiger partial charge in [0.05, 0.1) is 16.9 Å². The van der Waals surface area contributed by atoms with Gasteiger partial charge >= 0.3 is 0 Å². The Morgan fingerprint density at radius 1 is 1.52 bits per heavy atom. The molecule has 0 bridgehead atoms. The summed E-state index contributed by atoms with van der Waals surface area (Å²) in [5.41, 5.74) is 7.46. The van der Waals surface area contributed by atoms with Gasteiger partial charge in [-0.15, -0.1) is 0 Å². The van der Waals surface area contributed by atoms with E-state index in [-0.39, 0.29) is 0 Å². The lowest BCUT2D eigenvalue weighted by molar-refractivity contribution is -0.129. The summed E-state index contributed by atoms with van der Waals surface area (Å²) in [6, 6.07) is 0.936. The topological polar surface area (TPSA) is 87.9 Å². The van der Waals surface area contributed by atoms with Crippen molar-refractivity contribution in [3.63, 3.8) is 0 Å². The van der Waals surface area contributed by atoms with Crippen LogP contribution in [0.1, 0.15) is 32.4 Å². The fourth-order valence-electron chi connectivity index (χ4n) is 2.59. The van der Waals surface area contributed by atoms with E-state index >= 15 is 0 Å². The predicted octanol–water partition coefficient (Wildman–Crippen LogP) is 3.30. The van der Waals surface area contributed by atoms with Crippen LogP contribution in [0.4, 0.5) is 14.6 Å². The first-order chi connectivity index (χ1) is 12.0. The molecule has 1 amide bonds. The van der Waals surface area contributed by atoms with Crippen LogP contribution in [0.2, 0.25) is 0 Å². The van der Waals surface area contributed by atoms with Crippen molar-refractivity contribution in [1.29, 1.82) is 0 Å². The molecule has 3 heterocycles. The monoisotopic (exact) mass is 353 g/mol. The molecule has 1 saturated heterocycles. The van der Waals surface area contributed by atoms with Crippen molar-refractivity contribution in [3.8, 4) is 0 Å². The highest BCUT2D eigenvalue weighted by Crippen LogP contribution is 2.22.